The molecule has 1 heterocycles. The lowest BCUT2D eigenvalue weighted by molar-refractivity contribution is 0.0954. The first-order valence-electron chi connectivity index (χ1n) is 8.52. The summed E-state index contributed by atoms with van der Waals surface area (Å²) in [5, 5.41) is 3.72. The van der Waals surface area contributed by atoms with Crippen molar-refractivity contribution >= 4 is 46.5 Å². The van der Waals surface area contributed by atoms with Gasteiger partial charge < -0.3 is 5.32 Å². The van der Waals surface area contributed by atoms with Gasteiger partial charge in [-0.25, -0.2) is 0 Å². The van der Waals surface area contributed by atoms with Crippen LogP contribution in [0.4, 0.5) is 0 Å². The minimum Gasteiger partial charge on any atom is -0.347 e. The van der Waals surface area contributed by atoms with Gasteiger partial charge in [0.25, 0.3) is 5.91 Å². The van der Waals surface area contributed by atoms with E-state index >= 15 is 0 Å². The van der Waals surface area contributed by atoms with Crippen molar-refractivity contribution in [3.63, 3.8) is 0 Å². The maximum atomic E-state index is 12.6. The monoisotopic (exact) mass is 432 g/mol. The van der Waals surface area contributed by atoms with Crippen LogP contribution in [0.2, 0.25) is 10.0 Å². The smallest absolute Gasteiger partial charge is 0.308 e. The highest BCUT2D eigenvalue weighted by atomic mass is 35.5. The lowest BCUT2D eigenvalue weighted by atomic mass is 10.1. The molecule has 0 unspecified atom stereocenters. The van der Waals surface area contributed by atoms with Crippen molar-refractivity contribution in [3.8, 4) is 0 Å². The maximum absolute atomic E-state index is 12.6. The summed E-state index contributed by atoms with van der Waals surface area (Å²) in [7, 11) is 0. The molecule has 28 heavy (non-hydrogen) atoms. The summed E-state index contributed by atoms with van der Waals surface area (Å²) in [5.41, 5.74) is 3.47. The Hall–Kier alpha value is -2.34. The van der Waals surface area contributed by atoms with Gasteiger partial charge in [-0.1, -0.05) is 77.5 Å². The van der Waals surface area contributed by atoms with Crippen LogP contribution in [0.3, 0.4) is 0 Å². The Labute approximate surface area is 177 Å². The van der Waals surface area contributed by atoms with Gasteiger partial charge in [0.1, 0.15) is 4.88 Å². The van der Waals surface area contributed by atoms with Gasteiger partial charge in [0, 0.05) is 12.2 Å². The second kappa shape index (κ2) is 8.78. The molecule has 0 saturated heterocycles. The van der Waals surface area contributed by atoms with Crippen LogP contribution in [-0.2, 0) is 13.1 Å². The standard InChI is InChI=1S/C21H18Cl2N2O2S/c1-3-14-4-6-15(7-5-14)12-25-13(2)19(28-21(25)27)20(26)24-11-16-8-9-17(22)18(23)10-16/h3-10H,1,11-12H2,2H3,(H,24,26). The number of aromatic nitrogens is 1. The molecule has 3 rings (SSSR count). The molecule has 1 aromatic heterocycles. The topological polar surface area (TPSA) is 51.1 Å². The van der Waals surface area contributed by atoms with Crippen LogP contribution >= 0.6 is 34.5 Å². The van der Waals surface area contributed by atoms with Crippen LogP contribution < -0.4 is 10.2 Å². The SMILES string of the molecule is C=Cc1ccc(Cn2c(C)c(C(=O)NCc3ccc(Cl)c(Cl)c3)sc2=O)cc1. The second-order valence-corrected chi connectivity index (χ2v) is 8.02. The molecule has 4 nitrogen and oxygen atoms in total. The molecule has 0 aliphatic heterocycles. The Bertz CT molecular complexity index is 1080. The van der Waals surface area contributed by atoms with Gasteiger partial charge in [0.05, 0.1) is 16.6 Å². The van der Waals surface area contributed by atoms with Gasteiger partial charge in [-0.05, 0) is 35.7 Å². The van der Waals surface area contributed by atoms with E-state index in [1.54, 1.807) is 35.8 Å². The summed E-state index contributed by atoms with van der Waals surface area (Å²) in [6, 6.07) is 13.0. The van der Waals surface area contributed by atoms with Crippen molar-refractivity contribution in [2.75, 3.05) is 0 Å². The quantitative estimate of drug-likeness (QED) is 0.585. The summed E-state index contributed by atoms with van der Waals surface area (Å²) in [5.74, 6) is -0.286. The zero-order chi connectivity index (χ0) is 20.3. The Kier molecular flexibility index (Phi) is 6.39. The van der Waals surface area contributed by atoms with Crippen LogP contribution in [0.25, 0.3) is 6.08 Å². The molecule has 1 amide bonds. The molecule has 7 heteroatoms. The van der Waals surface area contributed by atoms with Gasteiger partial charge in [0.2, 0.25) is 0 Å². The van der Waals surface area contributed by atoms with E-state index in [4.69, 9.17) is 23.2 Å². The summed E-state index contributed by atoms with van der Waals surface area (Å²) in [6.07, 6.45) is 1.77. The Morgan fingerprint density at radius 2 is 1.82 bits per heavy atom. The minimum absolute atomic E-state index is 0.162. The number of carbonyl (C=O) groups excluding carboxylic acids is 1. The maximum Gasteiger partial charge on any atom is 0.308 e. The zero-order valence-electron chi connectivity index (χ0n) is 15.2. The number of nitrogens with zero attached hydrogens (tertiary/aromatic N) is 1. The fourth-order valence-corrected chi connectivity index (χ4v) is 3.95. The van der Waals surface area contributed by atoms with Gasteiger partial charge >= 0.3 is 4.87 Å². The third-order valence-corrected chi connectivity index (χ3v) is 6.16. The fraction of sp³-hybridized carbons (Fsp3) is 0.143. The minimum atomic E-state index is -0.286. The normalized spacial score (nSPS) is 10.7. The lowest BCUT2D eigenvalue weighted by Gasteiger charge is -2.08. The molecule has 0 fully saturated rings. The van der Waals surface area contributed by atoms with E-state index in [0.29, 0.717) is 33.7 Å². The molecule has 0 atom stereocenters. The largest absolute Gasteiger partial charge is 0.347 e. The van der Waals surface area contributed by atoms with E-state index in [1.807, 2.05) is 24.3 Å². The van der Waals surface area contributed by atoms with Gasteiger partial charge in [-0.2, -0.15) is 0 Å². The fourth-order valence-electron chi connectivity index (χ4n) is 2.72. The van der Waals surface area contributed by atoms with E-state index in [1.165, 1.54) is 0 Å². The van der Waals surface area contributed by atoms with Crippen molar-refractivity contribution in [1.82, 2.24) is 9.88 Å². The van der Waals surface area contributed by atoms with Gasteiger partial charge in [0.15, 0.2) is 0 Å². The molecule has 0 aliphatic rings. The van der Waals surface area contributed by atoms with Crippen molar-refractivity contribution in [2.24, 2.45) is 0 Å². The molecule has 0 spiro atoms. The lowest BCUT2D eigenvalue weighted by Crippen LogP contribution is -2.23. The van der Waals surface area contributed by atoms with E-state index in [0.717, 1.165) is 28.0 Å². The number of benzene rings is 2. The van der Waals surface area contributed by atoms with E-state index in [2.05, 4.69) is 11.9 Å². The van der Waals surface area contributed by atoms with Crippen LogP contribution in [0.1, 0.15) is 32.1 Å². The van der Waals surface area contributed by atoms with Crippen LogP contribution in [0.5, 0.6) is 0 Å². The summed E-state index contributed by atoms with van der Waals surface area (Å²) in [4.78, 5) is 25.2. The third-order valence-electron chi connectivity index (χ3n) is 4.34. The van der Waals surface area contributed by atoms with Crippen molar-refractivity contribution in [2.45, 2.75) is 20.0 Å². The first-order valence-corrected chi connectivity index (χ1v) is 10.1. The number of hydrogen-bond donors (Lipinski definition) is 1. The first-order chi connectivity index (χ1) is 13.4. The summed E-state index contributed by atoms with van der Waals surface area (Å²) >= 11 is 12.9. The van der Waals surface area contributed by atoms with Crippen molar-refractivity contribution in [3.05, 3.63) is 96.0 Å². The number of hydrogen-bond acceptors (Lipinski definition) is 3. The van der Waals surface area contributed by atoms with Crippen molar-refractivity contribution < 1.29 is 4.79 Å². The summed E-state index contributed by atoms with van der Waals surface area (Å²) < 4.78 is 1.61. The van der Waals surface area contributed by atoms with E-state index < -0.39 is 0 Å². The number of carbonyl (C=O) groups is 1. The number of amides is 1. The predicted molar refractivity (Wildman–Crippen MR) is 117 cm³/mol. The average molecular weight is 433 g/mol. The number of thiazole rings is 1. The molecular formula is C21H18Cl2N2O2S. The molecule has 0 aliphatic carbocycles. The average Bonchev–Trinajstić information content (AvgIpc) is 2.97. The number of rotatable bonds is 6. The third kappa shape index (κ3) is 4.55. The summed E-state index contributed by atoms with van der Waals surface area (Å²) in [6.45, 7) is 6.23. The first kappa shape index (κ1) is 20.4. The molecule has 3 aromatic rings. The molecular weight excluding hydrogens is 415 g/mol. The highest BCUT2D eigenvalue weighted by molar-refractivity contribution is 7.11. The number of halogens is 2. The van der Waals surface area contributed by atoms with Crippen LogP contribution in [-0.4, -0.2) is 10.5 Å². The van der Waals surface area contributed by atoms with Gasteiger partial charge in [-0.3, -0.25) is 14.2 Å². The molecule has 0 bridgehead atoms. The molecule has 1 N–H and O–H groups in total. The molecule has 0 saturated carbocycles. The van der Waals surface area contributed by atoms with E-state index in [9.17, 15) is 9.59 Å². The molecule has 144 valence electrons. The number of nitrogens with one attached hydrogen (secondary N) is 1. The van der Waals surface area contributed by atoms with Gasteiger partial charge in [-0.15, -0.1) is 0 Å². The highest BCUT2D eigenvalue weighted by Gasteiger charge is 2.17. The van der Waals surface area contributed by atoms with Crippen LogP contribution in [0, 0.1) is 6.92 Å². The van der Waals surface area contributed by atoms with E-state index in [-0.39, 0.29) is 10.8 Å². The van der Waals surface area contributed by atoms with Crippen molar-refractivity contribution in [1.29, 1.82) is 0 Å². The Balaban J connectivity index is 1.74. The molecule has 0 radical (unpaired) electrons. The zero-order valence-corrected chi connectivity index (χ0v) is 17.5. The highest BCUT2D eigenvalue weighted by Crippen LogP contribution is 2.22. The Morgan fingerprint density at radius 1 is 1.14 bits per heavy atom. The predicted octanol–water partition coefficient (Wildman–Crippen LogP) is 5.15. The molecule has 2 aromatic carbocycles. The van der Waals surface area contributed by atoms with Crippen LogP contribution in [0.15, 0.2) is 53.8 Å². The Morgan fingerprint density at radius 3 is 2.46 bits per heavy atom. The second-order valence-electron chi connectivity index (χ2n) is 6.25.